The Morgan fingerprint density at radius 2 is 1.58 bits per heavy atom. The van der Waals surface area contributed by atoms with Crippen LogP contribution in [-0.4, -0.2) is 35.1 Å². The summed E-state index contributed by atoms with van der Waals surface area (Å²) in [5.41, 5.74) is 0. The quantitative estimate of drug-likeness (QED) is 0.654. The molecule has 0 aliphatic carbocycles. The SMILES string of the molecule is CC(=O)SCCC(F)(F)CC(F)(F)C(F)(F)C(F)F. The van der Waals surface area contributed by atoms with Gasteiger partial charge in [-0.25, -0.2) is 17.6 Å². The first-order valence-corrected chi connectivity index (χ1v) is 5.85. The molecule has 0 atom stereocenters. The molecule has 19 heavy (non-hydrogen) atoms. The van der Waals surface area contributed by atoms with Gasteiger partial charge in [0.25, 0.3) is 5.92 Å². The zero-order valence-electron chi connectivity index (χ0n) is 9.54. The molecular formula is C9H10F8OS. The molecule has 0 fully saturated rings. The van der Waals surface area contributed by atoms with Crippen molar-refractivity contribution >= 4 is 16.9 Å². The van der Waals surface area contributed by atoms with Gasteiger partial charge < -0.3 is 0 Å². The minimum atomic E-state index is -5.83. The molecule has 0 rings (SSSR count). The van der Waals surface area contributed by atoms with Crippen LogP contribution >= 0.6 is 11.8 Å². The van der Waals surface area contributed by atoms with E-state index < -0.39 is 47.9 Å². The van der Waals surface area contributed by atoms with Crippen LogP contribution in [0.5, 0.6) is 0 Å². The minimum absolute atomic E-state index is 0.398. The molecule has 0 aromatic rings. The second-order valence-corrected chi connectivity index (χ2v) is 5.02. The molecule has 10 heteroatoms. The molecule has 0 aromatic carbocycles. The van der Waals surface area contributed by atoms with Crippen LogP contribution in [0.25, 0.3) is 0 Å². The van der Waals surface area contributed by atoms with Gasteiger partial charge in [0.1, 0.15) is 0 Å². The first kappa shape index (κ1) is 18.5. The fourth-order valence-electron chi connectivity index (χ4n) is 1.03. The lowest BCUT2D eigenvalue weighted by atomic mass is 10.0. The van der Waals surface area contributed by atoms with Gasteiger partial charge in [0.05, 0.1) is 6.42 Å². The Bertz CT molecular complexity index is 317. The normalized spacial score (nSPS) is 14.0. The van der Waals surface area contributed by atoms with E-state index in [9.17, 15) is 39.9 Å². The monoisotopic (exact) mass is 318 g/mol. The lowest BCUT2D eigenvalue weighted by molar-refractivity contribution is -0.282. The lowest BCUT2D eigenvalue weighted by Crippen LogP contribution is -2.49. The van der Waals surface area contributed by atoms with E-state index in [0.717, 1.165) is 6.92 Å². The maximum Gasteiger partial charge on any atom is 0.369 e. The average molecular weight is 318 g/mol. The summed E-state index contributed by atoms with van der Waals surface area (Å²) in [6.07, 6.45) is -8.73. The summed E-state index contributed by atoms with van der Waals surface area (Å²) < 4.78 is 99.7. The van der Waals surface area contributed by atoms with Crippen molar-refractivity contribution < 1.29 is 39.9 Å². The number of carbonyl (C=O) groups excluding carboxylic acids is 1. The number of hydrogen-bond acceptors (Lipinski definition) is 2. The number of thioether (sulfide) groups is 1. The van der Waals surface area contributed by atoms with Crippen molar-refractivity contribution in [3.8, 4) is 0 Å². The first-order chi connectivity index (χ1) is 8.32. The van der Waals surface area contributed by atoms with Crippen molar-refractivity contribution in [1.29, 1.82) is 0 Å². The van der Waals surface area contributed by atoms with E-state index in [-0.39, 0.29) is 0 Å². The van der Waals surface area contributed by atoms with E-state index in [2.05, 4.69) is 0 Å². The predicted molar refractivity (Wildman–Crippen MR) is 53.2 cm³/mol. The van der Waals surface area contributed by atoms with E-state index in [0.29, 0.717) is 11.8 Å². The highest BCUT2D eigenvalue weighted by atomic mass is 32.2. The maximum absolute atomic E-state index is 13.0. The number of alkyl halides is 8. The molecule has 0 aliphatic rings. The van der Waals surface area contributed by atoms with Crippen LogP contribution in [0.1, 0.15) is 19.8 Å². The van der Waals surface area contributed by atoms with Gasteiger partial charge in [-0.3, -0.25) is 4.79 Å². The molecule has 0 bridgehead atoms. The Labute approximate surface area is 107 Å². The largest absolute Gasteiger partial charge is 0.369 e. The Morgan fingerprint density at radius 3 is 1.95 bits per heavy atom. The molecule has 0 unspecified atom stereocenters. The lowest BCUT2D eigenvalue weighted by Gasteiger charge is -2.29. The van der Waals surface area contributed by atoms with Crippen LogP contribution in [0, 0.1) is 0 Å². The molecule has 0 aliphatic heterocycles. The number of carbonyl (C=O) groups is 1. The zero-order chi connectivity index (χ0) is 15.5. The molecule has 0 spiro atoms. The van der Waals surface area contributed by atoms with E-state index in [1.165, 1.54) is 0 Å². The summed E-state index contributed by atoms with van der Waals surface area (Å²) in [5.74, 6) is -16.2. The second kappa shape index (κ2) is 6.27. The highest BCUT2D eigenvalue weighted by molar-refractivity contribution is 8.13. The molecule has 0 saturated carbocycles. The molecule has 0 saturated heterocycles. The fourth-order valence-corrected chi connectivity index (χ4v) is 1.72. The highest BCUT2D eigenvalue weighted by Crippen LogP contribution is 2.45. The van der Waals surface area contributed by atoms with E-state index in [1.54, 1.807) is 0 Å². The Balaban J connectivity index is 4.67. The summed E-state index contributed by atoms with van der Waals surface area (Å²) in [5, 5.41) is -0.555. The molecule has 0 aromatic heterocycles. The van der Waals surface area contributed by atoms with Gasteiger partial charge in [-0.15, -0.1) is 0 Å². The minimum Gasteiger partial charge on any atom is -0.288 e. The van der Waals surface area contributed by atoms with Crippen LogP contribution in [0.3, 0.4) is 0 Å². The summed E-state index contributed by atoms with van der Waals surface area (Å²) >= 11 is 0.398. The Hall–Kier alpha value is -0.540. The van der Waals surface area contributed by atoms with Gasteiger partial charge in [0, 0.05) is 19.1 Å². The van der Waals surface area contributed by atoms with Gasteiger partial charge in [0.15, 0.2) is 5.12 Å². The highest BCUT2D eigenvalue weighted by Gasteiger charge is 2.65. The first-order valence-electron chi connectivity index (χ1n) is 4.87. The van der Waals surface area contributed by atoms with Crippen LogP contribution in [-0.2, 0) is 4.79 Å². The van der Waals surface area contributed by atoms with Gasteiger partial charge >= 0.3 is 18.3 Å². The molecule has 0 heterocycles. The van der Waals surface area contributed by atoms with Gasteiger partial charge in [-0.05, 0) is 0 Å². The zero-order valence-corrected chi connectivity index (χ0v) is 10.4. The molecule has 0 amide bonds. The molecule has 1 nitrogen and oxygen atoms in total. The standard InChI is InChI=1S/C9H10F8OS/c1-5(18)19-3-2-7(12,13)4-8(14,15)9(16,17)6(10)11/h6H,2-4H2,1H3. The van der Waals surface area contributed by atoms with Crippen molar-refractivity contribution in [2.45, 2.75) is 44.0 Å². The topological polar surface area (TPSA) is 17.1 Å². The van der Waals surface area contributed by atoms with Crippen molar-refractivity contribution in [1.82, 2.24) is 0 Å². The number of halogens is 8. The summed E-state index contributed by atoms with van der Waals surface area (Å²) in [6, 6.07) is 0. The van der Waals surface area contributed by atoms with E-state index in [4.69, 9.17) is 0 Å². The van der Waals surface area contributed by atoms with Crippen LogP contribution in [0.4, 0.5) is 35.1 Å². The van der Waals surface area contributed by atoms with E-state index >= 15 is 0 Å². The molecule has 0 N–H and O–H groups in total. The summed E-state index contributed by atoms with van der Waals surface area (Å²) in [6.45, 7) is 1.04. The average Bonchev–Trinajstić information content (AvgIpc) is 2.13. The molecule has 0 radical (unpaired) electrons. The van der Waals surface area contributed by atoms with Crippen molar-refractivity contribution in [3.05, 3.63) is 0 Å². The molecule has 114 valence electrons. The third kappa shape index (κ3) is 5.53. The van der Waals surface area contributed by atoms with Gasteiger partial charge in [0.2, 0.25) is 0 Å². The summed E-state index contributed by atoms with van der Waals surface area (Å²) in [7, 11) is 0. The fraction of sp³-hybridized carbons (Fsp3) is 0.889. The summed E-state index contributed by atoms with van der Waals surface area (Å²) in [4.78, 5) is 10.4. The van der Waals surface area contributed by atoms with Crippen molar-refractivity contribution in [2.24, 2.45) is 0 Å². The van der Waals surface area contributed by atoms with Crippen molar-refractivity contribution in [2.75, 3.05) is 5.75 Å². The van der Waals surface area contributed by atoms with Crippen LogP contribution in [0.2, 0.25) is 0 Å². The van der Waals surface area contributed by atoms with Crippen molar-refractivity contribution in [3.63, 3.8) is 0 Å². The third-order valence-corrected chi connectivity index (χ3v) is 2.83. The van der Waals surface area contributed by atoms with Crippen LogP contribution in [0.15, 0.2) is 0 Å². The van der Waals surface area contributed by atoms with Gasteiger partial charge in [-0.2, -0.15) is 17.6 Å². The Morgan fingerprint density at radius 1 is 1.11 bits per heavy atom. The maximum atomic E-state index is 13.0. The number of rotatable bonds is 7. The smallest absolute Gasteiger partial charge is 0.288 e. The molecular weight excluding hydrogens is 308 g/mol. The van der Waals surface area contributed by atoms with E-state index in [1.807, 2.05) is 0 Å². The van der Waals surface area contributed by atoms with Crippen LogP contribution < -0.4 is 0 Å². The Kier molecular flexibility index (Phi) is 6.10. The second-order valence-electron chi connectivity index (χ2n) is 3.75. The van der Waals surface area contributed by atoms with Gasteiger partial charge in [-0.1, -0.05) is 11.8 Å². The number of hydrogen-bond donors (Lipinski definition) is 0. The third-order valence-electron chi connectivity index (χ3n) is 2.02. The predicted octanol–water partition coefficient (Wildman–Crippen LogP) is 4.22.